The van der Waals surface area contributed by atoms with Crippen molar-refractivity contribution in [2.45, 2.75) is 64.8 Å². The molecule has 2 nitrogen and oxygen atoms in total. The van der Waals surface area contributed by atoms with E-state index in [0.29, 0.717) is 0 Å². The lowest BCUT2D eigenvalue weighted by molar-refractivity contribution is 0.408. The van der Waals surface area contributed by atoms with E-state index < -0.39 is 0 Å². The average Bonchev–Trinajstić information content (AvgIpc) is 2.49. The number of hydrogen-bond donors (Lipinski definition) is 0. The number of ether oxygens (including phenoxy) is 1. The fourth-order valence-corrected chi connectivity index (χ4v) is 2.44. The minimum Gasteiger partial charge on any atom is -0.496 e. The van der Waals surface area contributed by atoms with E-state index in [1.807, 2.05) is 13.0 Å². The van der Waals surface area contributed by atoms with E-state index in [4.69, 9.17) is 11.3 Å². The fraction of sp³-hybridized carbons (Fsp3) is 0.611. The molecule has 0 N–H and O–H groups in total. The second-order valence-corrected chi connectivity index (χ2v) is 5.40. The van der Waals surface area contributed by atoms with E-state index in [0.717, 1.165) is 17.7 Å². The van der Waals surface area contributed by atoms with Crippen molar-refractivity contribution in [1.82, 2.24) is 0 Å². The maximum absolute atomic E-state index is 7.19. The lowest BCUT2D eigenvalue weighted by Gasteiger charge is -2.10. The topological polar surface area (TPSA) is 13.6 Å². The van der Waals surface area contributed by atoms with Crippen LogP contribution in [-0.2, 0) is 6.42 Å². The predicted molar refractivity (Wildman–Crippen MR) is 85.1 cm³/mol. The average molecular weight is 273 g/mol. The van der Waals surface area contributed by atoms with Gasteiger partial charge in [0.05, 0.1) is 12.7 Å². The molecule has 0 spiro atoms. The van der Waals surface area contributed by atoms with Crippen LogP contribution in [0.2, 0.25) is 0 Å². The Kier molecular flexibility index (Phi) is 7.80. The molecule has 0 fully saturated rings. The molecule has 0 saturated heterocycles. The summed E-state index contributed by atoms with van der Waals surface area (Å²) in [5, 5.41) is 0. The van der Waals surface area contributed by atoms with Crippen LogP contribution in [0.5, 0.6) is 5.75 Å². The van der Waals surface area contributed by atoms with Crippen LogP contribution in [0.4, 0.5) is 0 Å². The minimum absolute atomic E-state index is 0.130. The van der Waals surface area contributed by atoms with Gasteiger partial charge in [-0.2, -0.15) is 0 Å². The Morgan fingerprint density at radius 2 is 1.85 bits per heavy atom. The Labute approximate surface area is 124 Å². The SMILES string of the molecule is [C-]#[N+]C(C)c1cc(CCCCCCCC)ccc1OC. The van der Waals surface area contributed by atoms with Crippen LogP contribution in [0.15, 0.2) is 18.2 Å². The summed E-state index contributed by atoms with van der Waals surface area (Å²) in [4.78, 5) is 3.61. The number of aryl methyl sites for hydroxylation is 1. The standard InChI is InChI=1S/C18H27NO/c1-5-6-7-8-9-10-11-16-12-13-18(20-4)17(14-16)15(2)19-3/h12-15H,5-11H2,1-2,4H3. The van der Waals surface area contributed by atoms with Gasteiger partial charge in [0.25, 0.3) is 0 Å². The molecule has 1 aromatic carbocycles. The van der Waals surface area contributed by atoms with Gasteiger partial charge < -0.3 is 9.58 Å². The Morgan fingerprint density at radius 1 is 1.15 bits per heavy atom. The first-order valence-corrected chi connectivity index (χ1v) is 7.76. The molecular formula is C18H27NO. The van der Waals surface area contributed by atoms with Gasteiger partial charge in [0.15, 0.2) is 0 Å². The zero-order valence-corrected chi connectivity index (χ0v) is 13.1. The highest BCUT2D eigenvalue weighted by atomic mass is 16.5. The van der Waals surface area contributed by atoms with Crippen molar-refractivity contribution < 1.29 is 4.74 Å². The summed E-state index contributed by atoms with van der Waals surface area (Å²) in [6.45, 7) is 11.4. The van der Waals surface area contributed by atoms with Crippen LogP contribution < -0.4 is 4.74 Å². The first-order valence-electron chi connectivity index (χ1n) is 7.76. The molecule has 0 bridgehead atoms. The number of methoxy groups -OCH3 is 1. The monoisotopic (exact) mass is 273 g/mol. The maximum atomic E-state index is 7.19. The molecule has 1 rings (SSSR count). The third kappa shape index (κ3) is 5.25. The lowest BCUT2D eigenvalue weighted by atomic mass is 10.00. The molecule has 20 heavy (non-hydrogen) atoms. The van der Waals surface area contributed by atoms with Crippen molar-refractivity contribution in [2.24, 2.45) is 0 Å². The third-order valence-corrected chi connectivity index (χ3v) is 3.76. The van der Waals surface area contributed by atoms with E-state index in [1.165, 1.54) is 44.1 Å². The summed E-state index contributed by atoms with van der Waals surface area (Å²) in [6.07, 6.45) is 9.01. The quantitative estimate of drug-likeness (QED) is 0.423. The molecule has 0 aliphatic heterocycles. The van der Waals surface area contributed by atoms with E-state index in [9.17, 15) is 0 Å². The van der Waals surface area contributed by atoms with Gasteiger partial charge >= 0.3 is 0 Å². The summed E-state index contributed by atoms with van der Waals surface area (Å²) >= 11 is 0. The van der Waals surface area contributed by atoms with Crippen molar-refractivity contribution >= 4 is 0 Å². The molecular weight excluding hydrogens is 246 g/mol. The predicted octanol–water partition coefficient (Wildman–Crippen LogP) is 5.58. The molecule has 0 aliphatic carbocycles. The first kappa shape index (κ1) is 16.6. The fourth-order valence-electron chi connectivity index (χ4n) is 2.44. The van der Waals surface area contributed by atoms with Gasteiger partial charge in [0.2, 0.25) is 6.04 Å². The third-order valence-electron chi connectivity index (χ3n) is 3.76. The van der Waals surface area contributed by atoms with Gasteiger partial charge in [-0.05, 0) is 30.5 Å². The first-order chi connectivity index (χ1) is 9.72. The number of hydrogen-bond acceptors (Lipinski definition) is 1. The zero-order valence-electron chi connectivity index (χ0n) is 13.1. The zero-order chi connectivity index (χ0) is 14.8. The van der Waals surface area contributed by atoms with Crippen molar-refractivity contribution in [2.75, 3.05) is 7.11 Å². The van der Waals surface area contributed by atoms with E-state index in [-0.39, 0.29) is 6.04 Å². The van der Waals surface area contributed by atoms with Crippen LogP contribution in [0, 0.1) is 6.57 Å². The van der Waals surface area contributed by atoms with Crippen molar-refractivity contribution in [1.29, 1.82) is 0 Å². The summed E-state index contributed by atoms with van der Waals surface area (Å²) in [6, 6.07) is 6.15. The smallest absolute Gasteiger partial charge is 0.249 e. The number of unbranched alkanes of at least 4 members (excludes halogenated alkanes) is 5. The van der Waals surface area contributed by atoms with Crippen LogP contribution >= 0.6 is 0 Å². The Morgan fingerprint density at radius 3 is 2.50 bits per heavy atom. The van der Waals surface area contributed by atoms with E-state index in [2.05, 4.69) is 23.9 Å². The molecule has 0 heterocycles. The Bertz CT molecular complexity index is 434. The van der Waals surface area contributed by atoms with Gasteiger partial charge in [-0.15, -0.1) is 0 Å². The van der Waals surface area contributed by atoms with Crippen LogP contribution in [0.1, 0.15) is 69.5 Å². The van der Waals surface area contributed by atoms with E-state index in [1.54, 1.807) is 7.11 Å². The summed E-state index contributed by atoms with van der Waals surface area (Å²) in [5.41, 5.74) is 2.35. The molecule has 0 saturated carbocycles. The van der Waals surface area contributed by atoms with Crippen LogP contribution in [0.3, 0.4) is 0 Å². The second kappa shape index (κ2) is 9.42. The summed E-state index contributed by atoms with van der Waals surface area (Å²) in [5.74, 6) is 0.834. The van der Waals surface area contributed by atoms with Gasteiger partial charge in [-0.3, -0.25) is 0 Å². The molecule has 0 amide bonds. The van der Waals surface area contributed by atoms with Gasteiger partial charge in [0, 0.05) is 6.92 Å². The molecule has 2 heteroatoms. The van der Waals surface area contributed by atoms with E-state index >= 15 is 0 Å². The highest BCUT2D eigenvalue weighted by molar-refractivity contribution is 5.40. The molecule has 110 valence electrons. The maximum Gasteiger partial charge on any atom is 0.249 e. The van der Waals surface area contributed by atoms with Gasteiger partial charge in [0.1, 0.15) is 5.75 Å². The molecule has 1 atom stereocenters. The lowest BCUT2D eigenvalue weighted by Crippen LogP contribution is -1.96. The number of rotatable bonds is 9. The van der Waals surface area contributed by atoms with Gasteiger partial charge in [-0.25, -0.2) is 6.57 Å². The molecule has 0 aliphatic rings. The van der Waals surface area contributed by atoms with Crippen molar-refractivity contribution in [3.8, 4) is 5.75 Å². The Balaban J connectivity index is 2.53. The summed E-state index contributed by atoms with van der Waals surface area (Å²) < 4.78 is 5.35. The van der Waals surface area contributed by atoms with Crippen molar-refractivity contribution in [3.05, 3.63) is 40.7 Å². The van der Waals surface area contributed by atoms with Crippen LogP contribution in [-0.4, -0.2) is 7.11 Å². The molecule has 0 aromatic heterocycles. The molecule has 0 radical (unpaired) electrons. The number of benzene rings is 1. The number of nitrogens with zero attached hydrogens (tertiary/aromatic N) is 1. The van der Waals surface area contributed by atoms with Crippen LogP contribution in [0.25, 0.3) is 4.85 Å². The molecule has 1 unspecified atom stereocenters. The second-order valence-electron chi connectivity index (χ2n) is 5.40. The largest absolute Gasteiger partial charge is 0.496 e. The molecule has 1 aromatic rings. The minimum atomic E-state index is -0.130. The highest BCUT2D eigenvalue weighted by Crippen LogP contribution is 2.29. The van der Waals surface area contributed by atoms with Gasteiger partial charge in [-0.1, -0.05) is 45.1 Å². The summed E-state index contributed by atoms with van der Waals surface area (Å²) in [7, 11) is 1.67. The van der Waals surface area contributed by atoms with Crippen molar-refractivity contribution in [3.63, 3.8) is 0 Å². The Hall–Kier alpha value is -1.49. The highest BCUT2D eigenvalue weighted by Gasteiger charge is 2.15. The normalized spacial score (nSPS) is 11.9.